The monoisotopic (exact) mass is 781 g/mol. The van der Waals surface area contributed by atoms with Gasteiger partial charge in [0.1, 0.15) is 37.6 Å². The van der Waals surface area contributed by atoms with Gasteiger partial charge in [-0.25, -0.2) is 0 Å². The van der Waals surface area contributed by atoms with E-state index >= 15 is 0 Å². The second-order valence-electron chi connectivity index (χ2n) is 12.6. The first-order valence-electron chi connectivity index (χ1n) is 17.1. The Bertz CT molecular complexity index is 1590. The molecule has 20 nitrogen and oxygen atoms in total. The van der Waals surface area contributed by atoms with Crippen LogP contribution in [-0.2, 0) is 76.1 Å². The summed E-state index contributed by atoms with van der Waals surface area (Å²) in [6.45, 7) is 5.11. The number of nitrogens with zero attached hydrogens (tertiary/aromatic N) is 1. The molecule has 0 bridgehead atoms. The lowest BCUT2D eigenvalue weighted by Gasteiger charge is -2.47. The van der Waals surface area contributed by atoms with Crippen LogP contribution in [0.25, 0.3) is 0 Å². The van der Waals surface area contributed by atoms with Crippen LogP contribution in [-0.4, -0.2) is 145 Å². The maximum Gasteiger partial charge on any atom is 0.303 e. The number of carbonyl (C=O) groups is 8. The van der Waals surface area contributed by atoms with E-state index in [1.165, 1.54) is 12.1 Å². The Kier molecular flexibility index (Phi) is 14.8. The van der Waals surface area contributed by atoms with Crippen LogP contribution >= 0.6 is 0 Å². The maximum absolute atomic E-state index is 13.7. The Morgan fingerprint density at radius 1 is 0.600 bits per heavy atom. The predicted molar refractivity (Wildman–Crippen MR) is 176 cm³/mol. The molecule has 2 amide bonds. The van der Waals surface area contributed by atoms with Gasteiger partial charge in [0, 0.05) is 48.1 Å². The molecule has 3 aliphatic heterocycles. The molecule has 20 heteroatoms. The van der Waals surface area contributed by atoms with Crippen molar-refractivity contribution in [3.63, 3.8) is 0 Å². The van der Waals surface area contributed by atoms with Crippen LogP contribution in [0.1, 0.15) is 68.7 Å². The Morgan fingerprint density at radius 2 is 1.05 bits per heavy atom. The van der Waals surface area contributed by atoms with Crippen molar-refractivity contribution in [3.8, 4) is 0 Å². The van der Waals surface area contributed by atoms with E-state index in [0.29, 0.717) is 0 Å². The van der Waals surface area contributed by atoms with Crippen LogP contribution in [0, 0.1) is 0 Å². The fourth-order valence-corrected chi connectivity index (χ4v) is 6.32. The van der Waals surface area contributed by atoms with E-state index in [4.69, 9.17) is 47.4 Å². The minimum Gasteiger partial charge on any atom is -0.463 e. The van der Waals surface area contributed by atoms with Crippen LogP contribution in [0.3, 0.4) is 0 Å². The lowest BCUT2D eigenvalue weighted by atomic mass is 9.94. The Hall–Kier alpha value is -5.02. The van der Waals surface area contributed by atoms with E-state index in [-0.39, 0.29) is 30.8 Å². The number of aliphatic hydroxyl groups excluding tert-OH is 1. The number of benzene rings is 1. The summed E-state index contributed by atoms with van der Waals surface area (Å²) in [5.74, 6) is -6.32. The summed E-state index contributed by atoms with van der Waals surface area (Å²) >= 11 is 0. The predicted octanol–water partition coefficient (Wildman–Crippen LogP) is -0.262. The highest BCUT2D eigenvalue weighted by Crippen LogP contribution is 2.36. The number of hydrogen-bond donors (Lipinski definition) is 1. The van der Waals surface area contributed by atoms with E-state index in [9.17, 15) is 43.5 Å². The number of ether oxygens (including phenoxy) is 10. The molecular formula is C35H43NO19. The average molecular weight is 782 g/mol. The van der Waals surface area contributed by atoms with E-state index < -0.39 is 122 Å². The van der Waals surface area contributed by atoms with Gasteiger partial charge in [0.2, 0.25) is 0 Å². The third-order valence-electron chi connectivity index (χ3n) is 8.34. The van der Waals surface area contributed by atoms with Crippen molar-refractivity contribution < 1.29 is 90.8 Å². The number of esters is 6. The Morgan fingerprint density at radius 3 is 1.56 bits per heavy atom. The van der Waals surface area contributed by atoms with Crippen LogP contribution in [0.5, 0.6) is 0 Å². The van der Waals surface area contributed by atoms with Gasteiger partial charge < -0.3 is 52.5 Å². The zero-order chi connectivity index (χ0) is 40.6. The zero-order valence-corrected chi connectivity index (χ0v) is 30.9. The van der Waals surface area contributed by atoms with Gasteiger partial charge in [0.05, 0.1) is 17.7 Å². The summed E-state index contributed by atoms with van der Waals surface area (Å²) in [6.07, 6.45) is -13.2. The van der Waals surface area contributed by atoms with Crippen molar-refractivity contribution in [2.75, 3.05) is 26.4 Å². The second kappa shape index (κ2) is 19.0. The topological polar surface area (TPSA) is 252 Å². The first kappa shape index (κ1) is 42.7. The second-order valence-corrected chi connectivity index (χ2v) is 12.6. The normalized spacial score (nSPS) is 28.7. The van der Waals surface area contributed by atoms with Crippen LogP contribution in [0.2, 0.25) is 0 Å². The Balaban J connectivity index is 1.61. The molecule has 2 saturated heterocycles. The molecule has 0 saturated carbocycles. The molecule has 1 aromatic rings. The maximum atomic E-state index is 13.7. The molecule has 0 aliphatic carbocycles. The smallest absolute Gasteiger partial charge is 0.303 e. The SMILES string of the molecule is CC(=O)OC[C@H]1O[C@@H](OCCCO[C@H]2[C@H](OC(C)=O)[C@@H](OC(C)=O)C(O)O[C@@H]2COC(C)=O)[C@H](N2C(=O)c3ccccc3C2=O)[C@@H](OC(C)=O)[C@@H]1OC(C)=O. The summed E-state index contributed by atoms with van der Waals surface area (Å²) in [4.78, 5) is 100. The zero-order valence-electron chi connectivity index (χ0n) is 30.9. The number of hydrogen-bond acceptors (Lipinski definition) is 19. The van der Waals surface area contributed by atoms with Gasteiger partial charge in [-0.1, -0.05) is 12.1 Å². The van der Waals surface area contributed by atoms with Gasteiger partial charge in [-0.05, 0) is 18.6 Å². The number of amides is 2. The number of imide groups is 1. The third-order valence-corrected chi connectivity index (χ3v) is 8.34. The molecular weight excluding hydrogens is 738 g/mol. The van der Waals surface area contributed by atoms with Gasteiger partial charge in [-0.3, -0.25) is 43.3 Å². The van der Waals surface area contributed by atoms with Crippen molar-refractivity contribution in [2.24, 2.45) is 0 Å². The molecule has 55 heavy (non-hydrogen) atoms. The molecule has 1 N–H and O–H groups in total. The molecule has 0 radical (unpaired) electrons. The number of rotatable bonds is 15. The van der Waals surface area contributed by atoms with Gasteiger partial charge in [0.25, 0.3) is 11.8 Å². The quantitative estimate of drug-likeness (QED) is 0.104. The van der Waals surface area contributed by atoms with Gasteiger partial charge >= 0.3 is 35.8 Å². The summed E-state index contributed by atoms with van der Waals surface area (Å²) in [5, 5.41) is 10.6. The molecule has 4 rings (SSSR count). The molecule has 10 atom stereocenters. The van der Waals surface area contributed by atoms with Crippen molar-refractivity contribution in [3.05, 3.63) is 35.4 Å². The van der Waals surface area contributed by atoms with E-state index in [2.05, 4.69) is 0 Å². The number of aliphatic hydroxyl groups is 1. The molecule has 1 unspecified atom stereocenters. The van der Waals surface area contributed by atoms with E-state index in [1.807, 2.05) is 0 Å². The van der Waals surface area contributed by atoms with Crippen LogP contribution in [0.4, 0.5) is 0 Å². The van der Waals surface area contributed by atoms with Gasteiger partial charge in [-0.15, -0.1) is 0 Å². The lowest BCUT2D eigenvalue weighted by molar-refractivity contribution is -0.301. The molecule has 3 aliphatic rings. The summed E-state index contributed by atoms with van der Waals surface area (Å²) in [7, 11) is 0. The van der Waals surface area contributed by atoms with Crippen LogP contribution in [0.15, 0.2) is 24.3 Å². The number of carbonyl (C=O) groups excluding carboxylic acids is 8. The fourth-order valence-electron chi connectivity index (χ4n) is 6.32. The highest BCUT2D eigenvalue weighted by Gasteiger charge is 2.57. The molecule has 302 valence electrons. The first-order valence-corrected chi connectivity index (χ1v) is 17.1. The molecule has 0 aromatic heterocycles. The minimum absolute atomic E-state index is 0.000714. The largest absolute Gasteiger partial charge is 0.463 e. The highest BCUT2D eigenvalue weighted by atomic mass is 16.7. The fraction of sp³-hybridized carbons (Fsp3) is 0.600. The Labute approximate surface area is 314 Å². The van der Waals surface area contributed by atoms with Crippen LogP contribution < -0.4 is 0 Å². The number of fused-ring (bicyclic) bond motifs is 1. The standard InChI is InChI=1S/C35H43NO19/c1-16(37)48-14-24-27(30(52-20(5)41)31(34(45)54-24)53-21(6)42)46-12-9-13-47-35-26(36-32(43)22-10-7-8-11-23(22)33(36)44)29(51-19(4)40)28(50-18(3)39)25(55-35)15-49-17(2)38/h7-8,10-11,24-31,34-35,45H,9,12-15H2,1-6H3/t24-,25-,26-,27-,28-,29-,30+,31-,34?,35-/m1/s1. The molecule has 1 aromatic carbocycles. The minimum atomic E-state index is -1.79. The third kappa shape index (κ3) is 10.8. The van der Waals surface area contributed by atoms with Crippen molar-refractivity contribution in [2.45, 2.75) is 109 Å². The average Bonchev–Trinajstić information content (AvgIpc) is 3.34. The molecule has 0 spiro atoms. The van der Waals surface area contributed by atoms with Crippen molar-refractivity contribution in [1.82, 2.24) is 4.90 Å². The molecule has 2 fully saturated rings. The lowest BCUT2D eigenvalue weighted by Crippen LogP contribution is -2.67. The van der Waals surface area contributed by atoms with Crippen molar-refractivity contribution in [1.29, 1.82) is 0 Å². The first-order chi connectivity index (χ1) is 26.0. The summed E-state index contributed by atoms with van der Waals surface area (Å²) in [6, 6.07) is 4.41. The van der Waals surface area contributed by atoms with E-state index in [0.717, 1.165) is 46.4 Å². The molecule has 3 heterocycles. The summed E-state index contributed by atoms with van der Waals surface area (Å²) in [5.41, 5.74) is 0.0922. The van der Waals surface area contributed by atoms with Gasteiger partial charge in [-0.2, -0.15) is 0 Å². The highest BCUT2D eigenvalue weighted by molar-refractivity contribution is 6.21. The van der Waals surface area contributed by atoms with Gasteiger partial charge in [0.15, 0.2) is 37.0 Å². The van der Waals surface area contributed by atoms with Crippen molar-refractivity contribution >= 4 is 47.6 Å². The van der Waals surface area contributed by atoms with E-state index in [1.54, 1.807) is 12.1 Å². The summed E-state index contributed by atoms with van der Waals surface area (Å²) < 4.78 is 55.5.